The summed E-state index contributed by atoms with van der Waals surface area (Å²) >= 11 is 6.93. The highest BCUT2D eigenvalue weighted by Crippen LogP contribution is 2.25. The van der Waals surface area contributed by atoms with Crippen LogP contribution in [0.2, 0.25) is 5.02 Å². The first-order valence-electron chi connectivity index (χ1n) is 8.86. The number of nitrogens with zero attached hydrogens (tertiary/aromatic N) is 2. The average Bonchev–Trinajstić information content (AvgIpc) is 3.00. The molecule has 2 aromatic rings. The number of esters is 1. The van der Waals surface area contributed by atoms with Crippen molar-refractivity contribution in [2.75, 3.05) is 19.7 Å². The van der Waals surface area contributed by atoms with Crippen LogP contribution in [0.25, 0.3) is 0 Å². The zero-order chi connectivity index (χ0) is 20.3. The lowest BCUT2D eigenvalue weighted by Crippen LogP contribution is -2.40. The molecular formula is C18H21ClN2O5S2. The van der Waals surface area contributed by atoms with Crippen molar-refractivity contribution in [2.45, 2.75) is 31.2 Å². The van der Waals surface area contributed by atoms with E-state index in [1.165, 1.54) is 16.4 Å². The number of carbonyl (C=O) groups excluding carboxylic acids is 1. The van der Waals surface area contributed by atoms with Crippen molar-refractivity contribution in [3.05, 3.63) is 50.0 Å². The Kier molecular flexibility index (Phi) is 6.59. The first kappa shape index (κ1) is 21.0. The highest BCUT2D eigenvalue weighted by atomic mass is 35.5. The minimum atomic E-state index is -3.60. The molecule has 10 heteroatoms. The number of halogens is 1. The Labute approximate surface area is 172 Å². The molecule has 0 bridgehead atoms. The number of aryl methyl sites for hydroxylation is 1. The Hall–Kier alpha value is -1.68. The minimum absolute atomic E-state index is 0.0748. The van der Waals surface area contributed by atoms with Gasteiger partial charge in [0.1, 0.15) is 6.61 Å². The fraction of sp³-hybridized carbons (Fsp3) is 0.444. The highest BCUT2D eigenvalue weighted by Gasteiger charge is 2.32. The van der Waals surface area contributed by atoms with Gasteiger partial charge in [0, 0.05) is 29.2 Å². The second-order valence-electron chi connectivity index (χ2n) is 6.59. The summed E-state index contributed by atoms with van der Waals surface area (Å²) in [7, 11) is -3.60. The molecule has 0 amide bonds. The largest absolute Gasteiger partial charge is 0.464 e. The smallest absolute Gasteiger partial charge is 0.309 e. The number of hydrogen-bond acceptors (Lipinski definition) is 6. The van der Waals surface area contributed by atoms with E-state index in [1.54, 1.807) is 22.1 Å². The Balaban J connectivity index is 1.51. The molecule has 0 radical (unpaired) electrons. The molecule has 0 unspecified atom stereocenters. The van der Waals surface area contributed by atoms with Gasteiger partial charge in [-0.3, -0.25) is 14.2 Å². The first-order valence-corrected chi connectivity index (χ1v) is 11.6. The summed E-state index contributed by atoms with van der Waals surface area (Å²) < 4.78 is 33.6. The van der Waals surface area contributed by atoms with Crippen LogP contribution < -0.4 is 4.87 Å². The van der Waals surface area contributed by atoms with Gasteiger partial charge in [-0.2, -0.15) is 4.31 Å². The Morgan fingerprint density at radius 1 is 1.25 bits per heavy atom. The van der Waals surface area contributed by atoms with Crippen molar-refractivity contribution in [1.82, 2.24) is 8.87 Å². The van der Waals surface area contributed by atoms with E-state index in [9.17, 15) is 18.0 Å². The molecule has 1 aromatic carbocycles. The lowest BCUT2D eigenvalue weighted by Gasteiger charge is -2.30. The van der Waals surface area contributed by atoms with Crippen LogP contribution in [0, 0.1) is 12.8 Å². The average molecular weight is 445 g/mol. The second kappa shape index (κ2) is 8.77. The fourth-order valence-corrected chi connectivity index (χ4v) is 5.47. The standard InChI is InChI=1S/C18H21ClN2O5S2/c1-13-12-27-18(23)21(13)10-11-26-17(22)14-6-8-20(9-7-14)28(24,25)16-4-2-15(19)3-5-16/h2-5,12,14H,6-11H2,1H3. The molecule has 7 nitrogen and oxygen atoms in total. The number of piperidine rings is 1. The Morgan fingerprint density at radius 2 is 1.89 bits per heavy atom. The predicted molar refractivity (Wildman–Crippen MR) is 107 cm³/mol. The summed E-state index contributed by atoms with van der Waals surface area (Å²) in [5.74, 6) is -0.679. The third kappa shape index (κ3) is 4.65. The summed E-state index contributed by atoms with van der Waals surface area (Å²) in [6.07, 6.45) is 0.812. The van der Waals surface area contributed by atoms with Gasteiger partial charge in [0.05, 0.1) is 17.4 Å². The van der Waals surface area contributed by atoms with Crippen molar-refractivity contribution in [2.24, 2.45) is 5.92 Å². The second-order valence-corrected chi connectivity index (χ2v) is 9.79. The SMILES string of the molecule is Cc1csc(=O)n1CCOC(=O)C1CCN(S(=O)(=O)c2ccc(Cl)cc2)CC1. The van der Waals surface area contributed by atoms with E-state index in [0.29, 0.717) is 24.4 Å². The van der Waals surface area contributed by atoms with Crippen LogP contribution in [0.3, 0.4) is 0 Å². The van der Waals surface area contributed by atoms with Crippen molar-refractivity contribution in [1.29, 1.82) is 0 Å². The molecule has 28 heavy (non-hydrogen) atoms. The van der Waals surface area contributed by atoms with Gasteiger partial charge >= 0.3 is 10.8 Å². The molecule has 0 atom stereocenters. The van der Waals surface area contributed by atoms with E-state index in [0.717, 1.165) is 17.0 Å². The number of aromatic nitrogens is 1. The van der Waals surface area contributed by atoms with Gasteiger partial charge in [-0.05, 0) is 44.0 Å². The number of sulfonamides is 1. The predicted octanol–water partition coefficient (Wildman–Crippen LogP) is 2.52. The molecule has 2 heterocycles. The molecule has 152 valence electrons. The molecule has 0 N–H and O–H groups in total. The van der Waals surface area contributed by atoms with Crippen LogP contribution in [0.15, 0.2) is 39.3 Å². The number of hydrogen-bond donors (Lipinski definition) is 0. The molecule has 0 aliphatic carbocycles. The molecular weight excluding hydrogens is 424 g/mol. The van der Waals surface area contributed by atoms with E-state index in [1.807, 2.05) is 6.92 Å². The van der Waals surface area contributed by atoms with Gasteiger partial charge in [0.15, 0.2) is 0 Å². The maximum absolute atomic E-state index is 12.7. The van der Waals surface area contributed by atoms with Gasteiger partial charge < -0.3 is 4.74 Å². The Morgan fingerprint density at radius 3 is 2.46 bits per heavy atom. The molecule has 0 saturated carbocycles. The maximum Gasteiger partial charge on any atom is 0.309 e. The summed E-state index contributed by atoms with van der Waals surface area (Å²) in [6.45, 7) is 2.79. The zero-order valence-electron chi connectivity index (χ0n) is 15.3. The normalized spacial score (nSPS) is 16.2. The van der Waals surface area contributed by atoms with Gasteiger partial charge in [-0.15, -0.1) is 0 Å². The van der Waals surface area contributed by atoms with Crippen LogP contribution in [0.1, 0.15) is 18.5 Å². The molecule has 1 aromatic heterocycles. The monoisotopic (exact) mass is 444 g/mol. The Bertz CT molecular complexity index is 990. The summed E-state index contributed by atoms with van der Waals surface area (Å²) in [5, 5.41) is 2.24. The topological polar surface area (TPSA) is 85.7 Å². The van der Waals surface area contributed by atoms with Crippen molar-refractivity contribution in [3.63, 3.8) is 0 Å². The number of rotatable bonds is 6. The van der Waals surface area contributed by atoms with E-state index < -0.39 is 10.0 Å². The lowest BCUT2D eigenvalue weighted by molar-refractivity contribution is -0.150. The third-order valence-electron chi connectivity index (χ3n) is 4.77. The number of benzene rings is 1. The van der Waals surface area contributed by atoms with Gasteiger partial charge in [0.2, 0.25) is 10.0 Å². The molecule has 0 spiro atoms. The van der Waals surface area contributed by atoms with Crippen LogP contribution in [-0.4, -0.2) is 43.0 Å². The number of carbonyl (C=O) groups is 1. The van der Waals surface area contributed by atoms with Crippen molar-refractivity contribution >= 4 is 38.9 Å². The fourth-order valence-electron chi connectivity index (χ4n) is 3.12. The minimum Gasteiger partial charge on any atom is -0.464 e. The summed E-state index contributed by atoms with van der Waals surface area (Å²) in [5.41, 5.74) is 0.840. The van der Waals surface area contributed by atoms with E-state index in [-0.39, 0.29) is 41.4 Å². The van der Waals surface area contributed by atoms with Crippen LogP contribution in [0.4, 0.5) is 0 Å². The zero-order valence-corrected chi connectivity index (χ0v) is 17.7. The molecule has 1 fully saturated rings. The summed E-state index contributed by atoms with van der Waals surface area (Å²) in [4.78, 5) is 24.0. The first-order chi connectivity index (χ1) is 13.3. The third-order valence-corrected chi connectivity index (χ3v) is 7.82. The molecule has 3 rings (SSSR count). The van der Waals surface area contributed by atoms with E-state index >= 15 is 0 Å². The van der Waals surface area contributed by atoms with Gasteiger partial charge in [-0.1, -0.05) is 22.9 Å². The van der Waals surface area contributed by atoms with E-state index in [2.05, 4.69) is 0 Å². The van der Waals surface area contributed by atoms with Crippen LogP contribution in [-0.2, 0) is 26.1 Å². The van der Waals surface area contributed by atoms with Crippen molar-refractivity contribution < 1.29 is 17.9 Å². The molecule has 1 aliphatic rings. The number of thiazole rings is 1. The van der Waals surface area contributed by atoms with Crippen molar-refractivity contribution in [3.8, 4) is 0 Å². The van der Waals surface area contributed by atoms with Gasteiger partial charge in [0.25, 0.3) is 0 Å². The van der Waals surface area contributed by atoms with Crippen LogP contribution in [0.5, 0.6) is 0 Å². The molecule has 1 saturated heterocycles. The summed E-state index contributed by atoms with van der Waals surface area (Å²) in [6, 6.07) is 6.04. The lowest BCUT2D eigenvalue weighted by atomic mass is 9.98. The van der Waals surface area contributed by atoms with Gasteiger partial charge in [-0.25, -0.2) is 8.42 Å². The quantitative estimate of drug-likeness (QED) is 0.639. The molecule has 1 aliphatic heterocycles. The number of ether oxygens (including phenoxy) is 1. The highest BCUT2D eigenvalue weighted by molar-refractivity contribution is 7.89. The maximum atomic E-state index is 12.7. The van der Waals surface area contributed by atoms with E-state index in [4.69, 9.17) is 16.3 Å². The van der Waals surface area contributed by atoms with Crippen LogP contribution >= 0.6 is 22.9 Å².